The second-order valence-corrected chi connectivity index (χ2v) is 14.3. The van der Waals surface area contributed by atoms with E-state index in [9.17, 15) is 14.4 Å². The molecule has 2 bridgehead atoms. The average molecular weight is 613 g/mol. The molecule has 1 aromatic heterocycles. The van der Waals surface area contributed by atoms with Gasteiger partial charge in [-0.3, -0.25) is 9.59 Å². The van der Waals surface area contributed by atoms with Gasteiger partial charge in [-0.15, -0.1) is 0 Å². The molecule has 6 atom stereocenters. The van der Waals surface area contributed by atoms with Crippen LogP contribution in [0, 0.1) is 17.3 Å². The van der Waals surface area contributed by atoms with Crippen LogP contribution in [0.15, 0.2) is 18.2 Å². The van der Waals surface area contributed by atoms with Crippen molar-refractivity contribution in [3.8, 4) is 5.88 Å². The van der Waals surface area contributed by atoms with Gasteiger partial charge in [-0.1, -0.05) is 58.6 Å². The zero-order chi connectivity index (χ0) is 31.1. The largest absolute Gasteiger partial charge is 0.471 e. The molecule has 9 nitrogen and oxygen atoms in total. The molecule has 10 heteroatoms. The summed E-state index contributed by atoms with van der Waals surface area (Å²) < 4.78 is 12.5. The van der Waals surface area contributed by atoms with Gasteiger partial charge in [0.05, 0.1) is 23.6 Å². The smallest absolute Gasteiger partial charge is 0.408 e. The monoisotopic (exact) mass is 612 g/mol. The first kappa shape index (κ1) is 31.5. The number of Topliss-reactive ketones (excluding diaryl/α,β-unsaturated/α-hetero) is 1. The van der Waals surface area contributed by atoms with Crippen LogP contribution in [-0.4, -0.2) is 63.0 Å². The van der Waals surface area contributed by atoms with E-state index < -0.39 is 35.3 Å². The maximum Gasteiger partial charge on any atom is 0.408 e. The van der Waals surface area contributed by atoms with Crippen LogP contribution in [0.5, 0.6) is 5.88 Å². The number of amides is 2. The standard InChI is InChI=1S/C33H45ClN4O5/c1-7-22-26-18-38(27(22)19(2)39)30(40)28(32(3,4)5)37-31(41)43-33(6)17-20(33)12-10-8-9-11-13-24-29(42-26)36-25-16-21(34)14-15-23(25)35-24/h14-16,20,22,26-28H,7-13,17-18H2,1-6H3,(H,37,41)/t20-,22-,26+,27-,28-,33-/m1/s1. The first-order chi connectivity index (χ1) is 20.3. The summed E-state index contributed by atoms with van der Waals surface area (Å²) in [5.74, 6) is 0.0508. The van der Waals surface area contributed by atoms with E-state index in [2.05, 4.69) is 5.32 Å². The minimum atomic E-state index is -0.890. The molecule has 2 aromatic rings. The molecular formula is C33H45ClN4O5. The number of aryl methyl sites for hydroxylation is 1. The van der Waals surface area contributed by atoms with Crippen LogP contribution in [0.3, 0.4) is 0 Å². The highest BCUT2D eigenvalue weighted by Crippen LogP contribution is 2.49. The number of nitrogens with one attached hydrogen (secondary N) is 1. The molecule has 234 valence electrons. The number of aromatic nitrogens is 2. The molecule has 1 aromatic carbocycles. The molecule has 43 heavy (non-hydrogen) atoms. The van der Waals surface area contributed by atoms with Gasteiger partial charge in [-0.2, -0.15) is 0 Å². The van der Waals surface area contributed by atoms with Crippen molar-refractivity contribution in [2.45, 2.75) is 117 Å². The van der Waals surface area contributed by atoms with Gasteiger partial charge in [0.25, 0.3) is 0 Å². The van der Waals surface area contributed by atoms with Gasteiger partial charge in [0.15, 0.2) is 5.78 Å². The number of halogens is 1. The van der Waals surface area contributed by atoms with E-state index in [-0.39, 0.29) is 24.2 Å². The maximum atomic E-state index is 14.2. The summed E-state index contributed by atoms with van der Waals surface area (Å²) >= 11 is 6.28. The fourth-order valence-corrected chi connectivity index (χ4v) is 7.02. The molecule has 0 radical (unpaired) electrons. The van der Waals surface area contributed by atoms with Gasteiger partial charge < -0.3 is 19.7 Å². The number of hydrogen-bond donors (Lipinski definition) is 1. The summed E-state index contributed by atoms with van der Waals surface area (Å²) in [5, 5.41) is 3.44. The maximum absolute atomic E-state index is 14.2. The molecule has 1 N–H and O–H groups in total. The Morgan fingerprint density at radius 2 is 1.88 bits per heavy atom. The molecule has 5 rings (SSSR count). The van der Waals surface area contributed by atoms with Crippen LogP contribution in [-0.2, 0) is 20.7 Å². The first-order valence-electron chi connectivity index (χ1n) is 15.7. The lowest BCUT2D eigenvalue weighted by atomic mass is 9.85. The van der Waals surface area contributed by atoms with Crippen molar-refractivity contribution in [1.82, 2.24) is 20.2 Å². The second kappa shape index (κ2) is 12.2. The Bertz CT molecular complexity index is 1390. The molecule has 1 saturated heterocycles. The van der Waals surface area contributed by atoms with Crippen LogP contribution < -0.4 is 10.1 Å². The molecule has 2 fully saturated rings. The van der Waals surface area contributed by atoms with E-state index in [0.717, 1.165) is 49.7 Å². The highest BCUT2D eigenvalue weighted by Gasteiger charge is 2.54. The summed E-state index contributed by atoms with van der Waals surface area (Å²) in [7, 11) is 0. The Morgan fingerprint density at radius 3 is 2.58 bits per heavy atom. The van der Waals surface area contributed by atoms with Crippen LogP contribution in [0.2, 0.25) is 5.02 Å². The van der Waals surface area contributed by atoms with Crippen molar-refractivity contribution in [3.63, 3.8) is 0 Å². The molecule has 0 spiro atoms. The SMILES string of the molecule is CC[C@@H]1[C@@H]2CN(C(=O)[C@H](C(C)(C)C)NC(=O)O[C@]3(C)C[C@H]3CCCCCCc3nc4ccc(Cl)cc4nc3O2)[C@@H]1C(C)=O. The molecular weight excluding hydrogens is 568 g/mol. The average Bonchev–Trinajstić information content (AvgIpc) is 3.40. The van der Waals surface area contributed by atoms with E-state index in [0.29, 0.717) is 35.2 Å². The molecule has 2 aliphatic heterocycles. The van der Waals surface area contributed by atoms with Gasteiger partial charge in [0.1, 0.15) is 23.4 Å². The van der Waals surface area contributed by atoms with Crippen molar-refractivity contribution in [3.05, 3.63) is 28.9 Å². The Morgan fingerprint density at radius 1 is 1.14 bits per heavy atom. The normalized spacial score (nSPS) is 30.6. The number of carbonyl (C=O) groups excluding carboxylic acids is 3. The van der Waals surface area contributed by atoms with E-state index in [1.54, 1.807) is 17.0 Å². The molecule has 3 heterocycles. The second-order valence-electron chi connectivity index (χ2n) is 13.9. The third kappa shape index (κ3) is 6.76. The van der Waals surface area contributed by atoms with Crippen molar-refractivity contribution >= 4 is 40.4 Å². The van der Waals surface area contributed by atoms with E-state index in [1.807, 2.05) is 40.7 Å². The minimum Gasteiger partial charge on any atom is -0.471 e. The summed E-state index contributed by atoms with van der Waals surface area (Å²) in [6.45, 7) is 11.4. The van der Waals surface area contributed by atoms with Gasteiger partial charge in [0.2, 0.25) is 11.8 Å². The van der Waals surface area contributed by atoms with Gasteiger partial charge in [0, 0.05) is 16.9 Å². The lowest BCUT2D eigenvalue weighted by Gasteiger charge is -2.35. The van der Waals surface area contributed by atoms with Gasteiger partial charge in [-0.05, 0) is 69.6 Å². The first-order valence-corrected chi connectivity index (χ1v) is 16.1. The number of fused-ring (bicyclic) bond motifs is 5. The molecule has 3 aliphatic rings. The summed E-state index contributed by atoms with van der Waals surface area (Å²) in [5.41, 5.74) is 1.01. The zero-order valence-corrected chi connectivity index (χ0v) is 27.0. The van der Waals surface area contributed by atoms with Crippen LogP contribution >= 0.6 is 11.6 Å². The Balaban J connectivity index is 1.52. The lowest BCUT2D eigenvalue weighted by molar-refractivity contribution is -0.141. The zero-order valence-electron chi connectivity index (χ0n) is 26.2. The van der Waals surface area contributed by atoms with Crippen LogP contribution in [0.25, 0.3) is 11.0 Å². The lowest BCUT2D eigenvalue weighted by Crippen LogP contribution is -2.57. The molecule has 1 aliphatic carbocycles. The van der Waals surface area contributed by atoms with Crippen molar-refractivity contribution in [2.24, 2.45) is 17.3 Å². The quantitative estimate of drug-likeness (QED) is 0.425. The highest BCUT2D eigenvalue weighted by molar-refractivity contribution is 6.31. The number of hydrogen-bond acceptors (Lipinski definition) is 7. The fraction of sp³-hybridized carbons (Fsp3) is 0.667. The number of benzene rings is 1. The summed E-state index contributed by atoms with van der Waals surface area (Å²) in [4.78, 5) is 51.9. The third-order valence-corrected chi connectivity index (χ3v) is 9.70. The third-order valence-electron chi connectivity index (χ3n) is 9.46. The Kier molecular flexibility index (Phi) is 8.94. The predicted molar refractivity (Wildman–Crippen MR) is 165 cm³/mol. The van der Waals surface area contributed by atoms with E-state index in [1.165, 1.54) is 6.92 Å². The van der Waals surface area contributed by atoms with Crippen molar-refractivity contribution < 1.29 is 23.9 Å². The summed E-state index contributed by atoms with van der Waals surface area (Å²) in [6, 6.07) is 3.87. The number of ether oxygens (including phenoxy) is 2. The molecule has 0 unspecified atom stereocenters. The number of rotatable bonds is 2. The van der Waals surface area contributed by atoms with Crippen molar-refractivity contribution in [1.29, 1.82) is 0 Å². The van der Waals surface area contributed by atoms with Crippen LogP contribution in [0.4, 0.5) is 4.79 Å². The van der Waals surface area contributed by atoms with Gasteiger partial charge in [-0.25, -0.2) is 14.8 Å². The minimum absolute atomic E-state index is 0.117. The van der Waals surface area contributed by atoms with Gasteiger partial charge >= 0.3 is 6.09 Å². The molecule has 2 amide bonds. The Labute approximate surface area is 259 Å². The number of ketones is 1. The predicted octanol–water partition coefficient (Wildman–Crippen LogP) is 6.28. The number of carbonyl (C=O) groups is 3. The summed E-state index contributed by atoms with van der Waals surface area (Å²) in [6.07, 6.45) is 6.17. The topological polar surface area (TPSA) is 111 Å². The highest BCUT2D eigenvalue weighted by atomic mass is 35.5. The Hall–Kier alpha value is -2.94. The van der Waals surface area contributed by atoms with E-state index in [4.69, 9.17) is 31.0 Å². The molecule has 1 saturated carbocycles. The number of nitrogens with zero attached hydrogens (tertiary/aromatic N) is 3. The fourth-order valence-electron chi connectivity index (χ4n) is 6.86. The van der Waals surface area contributed by atoms with Crippen molar-refractivity contribution in [2.75, 3.05) is 6.54 Å². The van der Waals surface area contributed by atoms with E-state index >= 15 is 0 Å². The number of alkyl carbamates (subject to hydrolysis) is 1. The van der Waals surface area contributed by atoms with Crippen LogP contribution in [0.1, 0.15) is 92.2 Å².